The number of aliphatic hydroxyl groups is 2. The molecule has 2 aromatic carbocycles. The molecule has 158 valence electrons. The lowest BCUT2D eigenvalue weighted by Gasteiger charge is -2.22. The van der Waals surface area contributed by atoms with Crippen molar-refractivity contribution in [2.75, 3.05) is 16.6 Å². The van der Waals surface area contributed by atoms with Crippen LogP contribution >= 0.6 is 22.6 Å². The molecule has 0 bridgehead atoms. The fraction of sp³-hybridized carbons (Fsp3) is 0.368. The van der Waals surface area contributed by atoms with Gasteiger partial charge in [0.1, 0.15) is 11.6 Å². The molecule has 0 radical (unpaired) electrons. The molecule has 1 aliphatic rings. The number of aliphatic hydroxyl groups excluding tert-OH is 2. The summed E-state index contributed by atoms with van der Waals surface area (Å²) in [6, 6.07) is 6.85. The van der Waals surface area contributed by atoms with Crippen LogP contribution in [0.2, 0.25) is 0 Å². The van der Waals surface area contributed by atoms with Gasteiger partial charge >= 0.3 is 0 Å². The van der Waals surface area contributed by atoms with Crippen molar-refractivity contribution in [1.29, 1.82) is 0 Å². The van der Waals surface area contributed by atoms with Gasteiger partial charge in [0, 0.05) is 9.13 Å². The number of hydrogen-bond acceptors (Lipinski definition) is 5. The van der Waals surface area contributed by atoms with E-state index in [1.807, 2.05) is 22.6 Å². The lowest BCUT2D eigenvalue weighted by Crippen LogP contribution is -2.34. The molecule has 1 unspecified atom stereocenters. The Balaban J connectivity index is 1.95. The van der Waals surface area contributed by atoms with Crippen LogP contribution in [0.5, 0.6) is 0 Å². The van der Waals surface area contributed by atoms with Crippen LogP contribution < -0.4 is 10.0 Å². The molecule has 0 aromatic heterocycles. The second-order valence-corrected chi connectivity index (χ2v) is 10.5. The van der Waals surface area contributed by atoms with Gasteiger partial charge in [-0.05, 0) is 79.1 Å². The van der Waals surface area contributed by atoms with E-state index in [4.69, 9.17) is 5.11 Å². The maximum Gasteiger partial charge on any atom is 0.238 e. The Bertz CT molecular complexity index is 1030. The van der Waals surface area contributed by atoms with Gasteiger partial charge in [0.05, 0.1) is 34.5 Å². The van der Waals surface area contributed by atoms with Crippen LogP contribution in [0.1, 0.15) is 24.8 Å². The summed E-state index contributed by atoms with van der Waals surface area (Å²) in [5, 5.41) is 21.5. The second kappa shape index (κ2) is 8.32. The molecule has 10 heteroatoms. The van der Waals surface area contributed by atoms with Gasteiger partial charge in [-0.15, -0.1) is 0 Å². The lowest BCUT2D eigenvalue weighted by atomic mass is 10.1. The standard InChI is InChI=1S/C19H21F2IN2O4S/c1-11-14(20)3-5-17(18(11)23-16-4-2-12(22)8-15(16)21)24-29(27,28)19(6-7-19)9-13(26)10-25/h2-5,8,13,23-26H,6-7,9-10H2,1H3. The molecule has 0 heterocycles. The van der Waals surface area contributed by atoms with Gasteiger partial charge < -0.3 is 15.5 Å². The average Bonchev–Trinajstić information content (AvgIpc) is 3.44. The van der Waals surface area contributed by atoms with Gasteiger partial charge in [-0.1, -0.05) is 0 Å². The number of sulfonamides is 1. The van der Waals surface area contributed by atoms with E-state index in [2.05, 4.69) is 10.0 Å². The van der Waals surface area contributed by atoms with Crippen LogP contribution in [0, 0.1) is 22.1 Å². The molecule has 29 heavy (non-hydrogen) atoms. The normalized spacial score (nSPS) is 16.3. The minimum Gasteiger partial charge on any atom is -0.394 e. The first-order valence-electron chi connectivity index (χ1n) is 8.91. The number of anilines is 3. The summed E-state index contributed by atoms with van der Waals surface area (Å²) in [7, 11) is -3.95. The van der Waals surface area contributed by atoms with Crippen molar-refractivity contribution in [1.82, 2.24) is 0 Å². The smallest absolute Gasteiger partial charge is 0.238 e. The third kappa shape index (κ3) is 4.65. The summed E-state index contributed by atoms with van der Waals surface area (Å²) < 4.78 is 56.3. The number of hydrogen-bond donors (Lipinski definition) is 4. The molecule has 1 atom stereocenters. The van der Waals surface area contributed by atoms with Gasteiger partial charge in [0.15, 0.2) is 0 Å². The van der Waals surface area contributed by atoms with Crippen molar-refractivity contribution in [3.8, 4) is 0 Å². The number of halogens is 3. The van der Waals surface area contributed by atoms with Gasteiger partial charge in [-0.3, -0.25) is 4.72 Å². The van der Waals surface area contributed by atoms with Crippen molar-refractivity contribution >= 4 is 49.7 Å². The van der Waals surface area contributed by atoms with E-state index in [9.17, 15) is 22.3 Å². The molecule has 6 nitrogen and oxygen atoms in total. The van der Waals surface area contributed by atoms with Crippen molar-refractivity contribution < 1.29 is 27.4 Å². The minimum absolute atomic E-state index is 0.0756. The molecule has 1 aliphatic carbocycles. The third-order valence-corrected chi connectivity index (χ3v) is 7.90. The number of rotatable bonds is 8. The zero-order chi connectivity index (χ0) is 21.4. The van der Waals surface area contributed by atoms with Crippen LogP contribution in [0.4, 0.5) is 25.8 Å². The average molecular weight is 538 g/mol. The third-order valence-electron chi connectivity index (χ3n) is 5.03. The molecule has 1 saturated carbocycles. The molecular formula is C19H21F2IN2O4S. The first-order valence-corrected chi connectivity index (χ1v) is 11.5. The molecule has 2 aromatic rings. The van der Waals surface area contributed by atoms with Crippen molar-refractivity contribution in [2.45, 2.75) is 37.0 Å². The van der Waals surface area contributed by atoms with Gasteiger partial charge in [-0.25, -0.2) is 17.2 Å². The first-order chi connectivity index (χ1) is 13.6. The Kier molecular flexibility index (Phi) is 6.37. The topological polar surface area (TPSA) is 98.7 Å². The van der Waals surface area contributed by atoms with Crippen LogP contribution in [-0.4, -0.2) is 36.1 Å². The van der Waals surface area contributed by atoms with E-state index in [1.165, 1.54) is 25.1 Å². The Morgan fingerprint density at radius 3 is 2.41 bits per heavy atom. The fourth-order valence-corrected chi connectivity index (χ4v) is 5.31. The molecule has 0 spiro atoms. The van der Waals surface area contributed by atoms with E-state index < -0.39 is 39.1 Å². The quantitative estimate of drug-likeness (QED) is 0.385. The van der Waals surface area contributed by atoms with Gasteiger partial charge in [0.25, 0.3) is 0 Å². The molecule has 0 saturated heterocycles. The van der Waals surface area contributed by atoms with Gasteiger partial charge in [0.2, 0.25) is 10.0 Å². The SMILES string of the molecule is Cc1c(F)ccc(NS(=O)(=O)C2(CC(O)CO)CC2)c1Nc1ccc(I)cc1F. The minimum atomic E-state index is -3.95. The Morgan fingerprint density at radius 2 is 1.83 bits per heavy atom. The summed E-state index contributed by atoms with van der Waals surface area (Å²) >= 11 is 1.96. The Hall–Kier alpha value is -1.50. The predicted octanol–water partition coefficient (Wildman–Crippen LogP) is 3.64. The maximum absolute atomic E-state index is 14.3. The van der Waals surface area contributed by atoms with Crippen molar-refractivity contribution in [3.63, 3.8) is 0 Å². The molecule has 1 fully saturated rings. The zero-order valence-corrected chi connectivity index (χ0v) is 18.5. The van der Waals surface area contributed by atoms with E-state index >= 15 is 0 Å². The van der Waals surface area contributed by atoms with Crippen LogP contribution in [0.3, 0.4) is 0 Å². The largest absolute Gasteiger partial charge is 0.394 e. The van der Waals surface area contributed by atoms with E-state index in [1.54, 1.807) is 6.07 Å². The highest BCUT2D eigenvalue weighted by molar-refractivity contribution is 14.1. The fourth-order valence-electron chi connectivity index (χ4n) is 3.13. The summed E-state index contributed by atoms with van der Waals surface area (Å²) in [6.07, 6.45) is -0.571. The molecule has 0 aliphatic heterocycles. The number of benzene rings is 2. The van der Waals surface area contributed by atoms with Crippen LogP contribution in [0.25, 0.3) is 0 Å². The highest BCUT2D eigenvalue weighted by atomic mass is 127. The summed E-state index contributed by atoms with van der Waals surface area (Å²) in [4.78, 5) is 0. The highest BCUT2D eigenvalue weighted by Crippen LogP contribution is 2.48. The second-order valence-electron chi connectivity index (χ2n) is 7.17. The van der Waals surface area contributed by atoms with Crippen molar-refractivity contribution in [3.05, 3.63) is 51.1 Å². The van der Waals surface area contributed by atoms with E-state index in [-0.39, 0.29) is 29.0 Å². The zero-order valence-electron chi connectivity index (χ0n) is 15.5. The Labute approximate surface area is 181 Å². The van der Waals surface area contributed by atoms with Crippen LogP contribution in [-0.2, 0) is 10.0 Å². The van der Waals surface area contributed by atoms with E-state index in [0.29, 0.717) is 16.4 Å². The van der Waals surface area contributed by atoms with E-state index in [0.717, 1.165) is 6.07 Å². The summed E-state index contributed by atoms with van der Waals surface area (Å²) in [6.45, 7) is 0.925. The van der Waals surface area contributed by atoms with Crippen molar-refractivity contribution in [2.24, 2.45) is 0 Å². The monoisotopic (exact) mass is 538 g/mol. The highest BCUT2D eigenvalue weighted by Gasteiger charge is 2.55. The summed E-state index contributed by atoms with van der Waals surface area (Å²) in [5.41, 5.74) is 0.388. The predicted molar refractivity (Wildman–Crippen MR) is 116 cm³/mol. The summed E-state index contributed by atoms with van der Waals surface area (Å²) in [5.74, 6) is -1.13. The molecule has 3 rings (SSSR count). The molecule has 4 N–H and O–H groups in total. The first kappa shape index (κ1) is 22.2. The van der Waals surface area contributed by atoms with Gasteiger partial charge in [-0.2, -0.15) is 0 Å². The maximum atomic E-state index is 14.3. The molecule has 0 amide bonds. The Morgan fingerprint density at radius 1 is 1.17 bits per heavy atom. The van der Waals surface area contributed by atoms with Crippen LogP contribution in [0.15, 0.2) is 30.3 Å². The molecular weight excluding hydrogens is 517 g/mol. The number of nitrogens with one attached hydrogen (secondary N) is 2. The lowest BCUT2D eigenvalue weighted by molar-refractivity contribution is 0.0858.